The number of tetrazole rings is 1. The van der Waals surface area contributed by atoms with Crippen LogP contribution in [-0.4, -0.2) is 41.5 Å². The van der Waals surface area contributed by atoms with E-state index in [9.17, 15) is 4.79 Å². The van der Waals surface area contributed by atoms with Crippen molar-refractivity contribution in [1.29, 1.82) is 0 Å². The van der Waals surface area contributed by atoms with Gasteiger partial charge in [0.2, 0.25) is 5.16 Å². The van der Waals surface area contributed by atoms with E-state index in [2.05, 4.69) is 25.7 Å². The van der Waals surface area contributed by atoms with Crippen LogP contribution < -0.4 is 0 Å². The molecule has 2 heterocycles. The number of aromatic nitrogens is 6. The van der Waals surface area contributed by atoms with E-state index >= 15 is 0 Å². The fraction of sp³-hybridized carbons (Fsp3) is 0.143. The first-order valence-electron chi connectivity index (χ1n) is 4.14. The Kier molecular flexibility index (Phi) is 2.77. The third-order valence-electron chi connectivity index (χ3n) is 1.64. The molecule has 1 N–H and O–H groups in total. The molecule has 0 aliphatic heterocycles. The molecule has 2 aromatic heterocycles. The highest BCUT2D eigenvalue weighted by molar-refractivity contribution is 7.99. The molecule has 0 aliphatic carbocycles. The second-order valence-corrected chi connectivity index (χ2v) is 3.74. The molecule has 0 bridgehead atoms. The molecular weight excluding hydrogens is 232 g/mol. The molecule has 0 radical (unpaired) electrons. The number of aryl methyl sites for hydroxylation is 1. The lowest BCUT2D eigenvalue weighted by Crippen LogP contribution is -2.02. The van der Waals surface area contributed by atoms with Crippen molar-refractivity contribution < 1.29 is 9.90 Å². The zero-order valence-corrected chi connectivity index (χ0v) is 8.92. The molecule has 0 fully saturated rings. The average Bonchev–Trinajstić information content (AvgIpc) is 2.65. The van der Waals surface area contributed by atoms with Crippen molar-refractivity contribution in [3.05, 3.63) is 17.8 Å². The zero-order valence-electron chi connectivity index (χ0n) is 8.10. The number of rotatable bonds is 3. The van der Waals surface area contributed by atoms with Gasteiger partial charge in [0.15, 0.2) is 5.69 Å². The number of hydrogen-bond donors (Lipinski definition) is 1. The van der Waals surface area contributed by atoms with Gasteiger partial charge in [-0.1, -0.05) is 0 Å². The van der Waals surface area contributed by atoms with E-state index in [1.165, 1.54) is 22.5 Å². The van der Waals surface area contributed by atoms with E-state index in [0.717, 1.165) is 0 Å². The van der Waals surface area contributed by atoms with Crippen molar-refractivity contribution in [3.63, 3.8) is 0 Å². The van der Waals surface area contributed by atoms with E-state index in [1.54, 1.807) is 13.1 Å². The summed E-state index contributed by atoms with van der Waals surface area (Å²) < 4.78 is 1.48. The van der Waals surface area contributed by atoms with Gasteiger partial charge in [-0.25, -0.2) is 9.48 Å². The van der Waals surface area contributed by atoms with Crippen LogP contribution in [0.2, 0.25) is 0 Å². The van der Waals surface area contributed by atoms with E-state index in [0.29, 0.717) is 10.2 Å². The van der Waals surface area contributed by atoms with Gasteiger partial charge in [-0.3, -0.25) is 0 Å². The molecule has 9 heteroatoms. The number of carbonyl (C=O) groups is 1. The van der Waals surface area contributed by atoms with Gasteiger partial charge in [-0.05, 0) is 34.3 Å². The van der Waals surface area contributed by atoms with E-state index in [1.807, 2.05) is 0 Å². The lowest BCUT2D eigenvalue weighted by molar-refractivity contribution is 0.0689. The lowest BCUT2D eigenvalue weighted by Gasteiger charge is -1.97. The number of carboxylic acid groups (broad SMARTS) is 1. The molecular formula is C7H6N6O2S. The minimum absolute atomic E-state index is 0.0968. The topological polar surface area (TPSA) is 107 Å². The van der Waals surface area contributed by atoms with Gasteiger partial charge in [0, 0.05) is 7.05 Å². The van der Waals surface area contributed by atoms with Crippen LogP contribution in [0.4, 0.5) is 0 Å². The molecule has 0 aliphatic rings. The van der Waals surface area contributed by atoms with Crippen LogP contribution >= 0.6 is 11.8 Å². The maximum absolute atomic E-state index is 10.5. The first-order valence-corrected chi connectivity index (χ1v) is 4.95. The molecule has 0 unspecified atom stereocenters. The Bertz CT molecular complexity index is 510. The number of aromatic carboxylic acids is 1. The van der Waals surface area contributed by atoms with Crippen molar-refractivity contribution in [2.75, 3.05) is 0 Å². The molecule has 16 heavy (non-hydrogen) atoms. The highest BCUT2D eigenvalue weighted by Crippen LogP contribution is 2.21. The van der Waals surface area contributed by atoms with Gasteiger partial charge in [-0.15, -0.1) is 15.3 Å². The van der Waals surface area contributed by atoms with Crippen molar-refractivity contribution in [2.45, 2.75) is 10.2 Å². The summed E-state index contributed by atoms with van der Waals surface area (Å²) in [5, 5.41) is 27.9. The van der Waals surface area contributed by atoms with Crippen LogP contribution in [0, 0.1) is 0 Å². The summed E-state index contributed by atoms with van der Waals surface area (Å²) >= 11 is 1.20. The smallest absolute Gasteiger partial charge is 0.356 e. The van der Waals surface area contributed by atoms with Crippen LogP contribution in [0.25, 0.3) is 0 Å². The Balaban J connectivity index is 2.17. The van der Waals surface area contributed by atoms with Crippen molar-refractivity contribution in [1.82, 2.24) is 30.4 Å². The maximum atomic E-state index is 10.5. The van der Waals surface area contributed by atoms with E-state index in [4.69, 9.17) is 5.11 Å². The molecule has 2 aromatic rings. The fourth-order valence-corrected chi connectivity index (χ4v) is 1.54. The summed E-state index contributed by atoms with van der Waals surface area (Å²) in [6.07, 6.45) is 0. The molecule has 0 aromatic carbocycles. The van der Waals surface area contributed by atoms with Crippen molar-refractivity contribution in [3.8, 4) is 0 Å². The summed E-state index contributed by atoms with van der Waals surface area (Å²) in [5.74, 6) is -1.11. The van der Waals surface area contributed by atoms with Crippen LogP contribution in [0.3, 0.4) is 0 Å². The van der Waals surface area contributed by atoms with E-state index in [-0.39, 0.29) is 5.69 Å². The molecule has 0 spiro atoms. The SMILES string of the molecule is Cn1nnnc1Sc1ccc(C(=O)O)nn1. The summed E-state index contributed by atoms with van der Waals surface area (Å²) in [5.41, 5.74) is -0.0968. The maximum Gasteiger partial charge on any atom is 0.356 e. The first kappa shape index (κ1) is 10.5. The van der Waals surface area contributed by atoms with Gasteiger partial charge < -0.3 is 5.11 Å². The molecule has 0 amide bonds. The second-order valence-electron chi connectivity index (χ2n) is 2.75. The predicted octanol–water partition coefficient (Wildman–Crippen LogP) is -0.151. The quantitative estimate of drug-likeness (QED) is 0.786. The Hall–Kier alpha value is -2.03. The Morgan fingerprint density at radius 1 is 1.38 bits per heavy atom. The summed E-state index contributed by atoms with van der Waals surface area (Å²) in [4.78, 5) is 10.5. The number of hydrogen-bond acceptors (Lipinski definition) is 7. The Morgan fingerprint density at radius 3 is 2.69 bits per heavy atom. The third kappa shape index (κ3) is 2.14. The molecule has 2 rings (SSSR count). The standard InChI is InChI=1S/C7H6N6O2S/c1-13-7(10-11-12-13)16-5-3-2-4(6(14)15)8-9-5/h2-3H,1H3,(H,14,15). The molecule has 0 atom stereocenters. The first-order chi connectivity index (χ1) is 7.66. The lowest BCUT2D eigenvalue weighted by atomic mass is 10.4. The molecule has 0 saturated carbocycles. The second kappa shape index (κ2) is 4.23. The van der Waals surface area contributed by atoms with Gasteiger partial charge in [0.25, 0.3) is 0 Å². The number of carboxylic acids is 1. The summed E-state index contributed by atoms with van der Waals surface area (Å²) in [7, 11) is 1.70. The van der Waals surface area contributed by atoms with Crippen LogP contribution in [0.15, 0.2) is 22.3 Å². The van der Waals surface area contributed by atoms with Gasteiger partial charge in [-0.2, -0.15) is 0 Å². The van der Waals surface area contributed by atoms with Gasteiger partial charge in [0.05, 0.1) is 0 Å². The monoisotopic (exact) mass is 238 g/mol. The van der Waals surface area contributed by atoms with Crippen LogP contribution in [0.5, 0.6) is 0 Å². The van der Waals surface area contributed by atoms with Crippen LogP contribution in [-0.2, 0) is 7.05 Å². The van der Waals surface area contributed by atoms with Gasteiger partial charge >= 0.3 is 5.97 Å². The zero-order chi connectivity index (χ0) is 11.5. The van der Waals surface area contributed by atoms with Crippen molar-refractivity contribution >= 4 is 17.7 Å². The van der Waals surface area contributed by atoms with Crippen molar-refractivity contribution in [2.24, 2.45) is 7.05 Å². The third-order valence-corrected chi connectivity index (χ3v) is 2.59. The molecule has 8 nitrogen and oxygen atoms in total. The van der Waals surface area contributed by atoms with Gasteiger partial charge in [0.1, 0.15) is 5.03 Å². The predicted molar refractivity (Wildman–Crippen MR) is 51.9 cm³/mol. The van der Waals surface area contributed by atoms with Crippen LogP contribution in [0.1, 0.15) is 10.5 Å². The molecule has 82 valence electrons. The largest absolute Gasteiger partial charge is 0.476 e. The fourth-order valence-electron chi connectivity index (χ4n) is 0.890. The molecule has 0 saturated heterocycles. The highest BCUT2D eigenvalue weighted by atomic mass is 32.2. The Labute approximate surface area is 93.7 Å². The average molecular weight is 238 g/mol. The Morgan fingerprint density at radius 2 is 2.19 bits per heavy atom. The summed E-state index contributed by atoms with van der Waals surface area (Å²) in [6, 6.07) is 2.93. The minimum Gasteiger partial charge on any atom is -0.476 e. The number of nitrogens with zero attached hydrogens (tertiary/aromatic N) is 6. The van der Waals surface area contributed by atoms with E-state index < -0.39 is 5.97 Å². The highest BCUT2D eigenvalue weighted by Gasteiger charge is 2.08. The summed E-state index contributed by atoms with van der Waals surface area (Å²) in [6.45, 7) is 0. The normalized spacial score (nSPS) is 10.3. The minimum atomic E-state index is -1.11.